The minimum Gasteiger partial charge on any atom is -0.383 e. The molecule has 1 aliphatic rings. The number of aromatic nitrogens is 2. The van der Waals surface area contributed by atoms with E-state index in [9.17, 15) is 4.79 Å². The van der Waals surface area contributed by atoms with Crippen molar-refractivity contribution in [1.82, 2.24) is 9.97 Å². The Labute approximate surface area is 134 Å². The molecule has 0 aliphatic carbocycles. The van der Waals surface area contributed by atoms with Crippen molar-refractivity contribution in [2.75, 3.05) is 23.7 Å². The molecule has 0 radical (unpaired) electrons. The number of rotatable bonds is 3. The molecule has 6 heteroatoms. The largest absolute Gasteiger partial charge is 0.383 e. The molecule has 114 valence electrons. The zero-order valence-corrected chi connectivity index (χ0v) is 12.9. The molecule has 0 atom stereocenters. The second-order valence-corrected chi connectivity index (χ2v) is 5.72. The number of pyridine rings is 2. The first-order valence-corrected chi connectivity index (χ1v) is 7.71. The molecule has 0 unspecified atom stereocenters. The summed E-state index contributed by atoms with van der Waals surface area (Å²) in [6.45, 7) is 1.91. The van der Waals surface area contributed by atoms with E-state index in [1.807, 2.05) is 6.07 Å². The van der Waals surface area contributed by atoms with Crippen LogP contribution in [0.1, 0.15) is 35.3 Å². The monoisotopic (exact) mass is 316 g/mol. The highest BCUT2D eigenvalue weighted by molar-refractivity contribution is 6.34. The van der Waals surface area contributed by atoms with Gasteiger partial charge in [-0.3, -0.25) is 4.79 Å². The Hall–Kier alpha value is -2.14. The lowest BCUT2D eigenvalue weighted by Gasteiger charge is -2.28. The van der Waals surface area contributed by atoms with E-state index in [-0.39, 0.29) is 17.3 Å². The number of halogens is 1. The van der Waals surface area contributed by atoms with Gasteiger partial charge in [0, 0.05) is 19.3 Å². The number of hydrogen-bond donors (Lipinski definition) is 1. The van der Waals surface area contributed by atoms with Crippen LogP contribution in [0.4, 0.5) is 11.6 Å². The molecular weight excluding hydrogens is 300 g/mol. The molecule has 2 N–H and O–H groups in total. The fraction of sp³-hybridized carbons (Fsp3) is 0.312. The van der Waals surface area contributed by atoms with Crippen molar-refractivity contribution in [2.45, 2.75) is 19.3 Å². The van der Waals surface area contributed by atoms with E-state index in [2.05, 4.69) is 14.9 Å². The number of anilines is 2. The normalized spacial score (nSPS) is 14.9. The molecule has 0 spiro atoms. The molecule has 22 heavy (non-hydrogen) atoms. The summed E-state index contributed by atoms with van der Waals surface area (Å²) < 4.78 is 0. The topological polar surface area (TPSA) is 72.1 Å². The standard InChI is InChI=1S/C16H17ClN4O/c17-12-6-7-13(21-9-2-1-3-10-21)20-14(12)15(22)11-5-4-8-19-16(11)18/h4-8H,1-3,9-10H2,(H2,18,19). The third-order valence-electron chi connectivity index (χ3n) is 3.81. The Bertz CT molecular complexity index is 698. The van der Waals surface area contributed by atoms with E-state index in [4.69, 9.17) is 17.3 Å². The van der Waals surface area contributed by atoms with Crippen LogP contribution in [0.15, 0.2) is 30.5 Å². The number of nitrogen functional groups attached to an aromatic ring is 1. The number of nitrogens with two attached hydrogens (primary N) is 1. The molecule has 1 aliphatic heterocycles. The highest BCUT2D eigenvalue weighted by Gasteiger charge is 2.20. The minimum absolute atomic E-state index is 0.189. The molecule has 3 heterocycles. The van der Waals surface area contributed by atoms with E-state index in [1.54, 1.807) is 24.4 Å². The van der Waals surface area contributed by atoms with E-state index in [0.717, 1.165) is 31.7 Å². The van der Waals surface area contributed by atoms with Gasteiger partial charge in [-0.2, -0.15) is 0 Å². The molecule has 1 saturated heterocycles. The smallest absolute Gasteiger partial charge is 0.216 e. The molecule has 5 nitrogen and oxygen atoms in total. The highest BCUT2D eigenvalue weighted by atomic mass is 35.5. The van der Waals surface area contributed by atoms with Gasteiger partial charge in [-0.25, -0.2) is 9.97 Å². The summed E-state index contributed by atoms with van der Waals surface area (Å²) in [5, 5.41) is 0.328. The van der Waals surface area contributed by atoms with E-state index < -0.39 is 0 Å². The predicted octanol–water partition coefficient (Wildman–Crippen LogP) is 2.93. The molecule has 0 amide bonds. The quantitative estimate of drug-likeness (QED) is 0.881. The van der Waals surface area contributed by atoms with Crippen LogP contribution in [0, 0.1) is 0 Å². The molecule has 0 aromatic carbocycles. The second kappa shape index (κ2) is 6.32. The highest BCUT2D eigenvalue weighted by Crippen LogP contribution is 2.25. The first kappa shape index (κ1) is 14.8. The Kier molecular flexibility index (Phi) is 4.24. The molecule has 1 fully saturated rings. The fourth-order valence-electron chi connectivity index (χ4n) is 2.63. The van der Waals surface area contributed by atoms with Crippen LogP contribution in [0.5, 0.6) is 0 Å². The van der Waals surface area contributed by atoms with Gasteiger partial charge in [0.25, 0.3) is 0 Å². The SMILES string of the molecule is Nc1ncccc1C(=O)c1nc(N2CCCCC2)ccc1Cl. The Morgan fingerprint density at radius 2 is 1.95 bits per heavy atom. The van der Waals surface area contributed by atoms with Gasteiger partial charge in [-0.05, 0) is 43.5 Å². The number of carbonyl (C=O) groups excluding carboxylic acids is 1. The Balaban J connectivity index is 1.96. The first-order valence-electron chi connectivity index (χ1n) is 7.33. The second-order valence-electron chi connectivity index (χ2n) is 5.31. The third-order valence-corrected chi connectivity index (χ3v) is 4.11. The van der Waals surface area contributed by atoms with Crippen molar-refractivity contribution >= 4 is 29.0 Å². The van der Waals surface area contributed by atoms with E-state index in [1.165, 1.54) is 6.42 Å². The average Bonchev–Trinajstić information content (AvgIpc) is 2.56. The molecule has 2 aromatic heterocycles. The summed E-state index contributed by atoms with van der Waals surface area (Å²) in [5.41, 5.74) is 6.33. The maximum atomic E-state index is 12.6. The fourth-order valence-corrected chi connectivity index (χ4v) is 2.82. The summed E-state index contributed by atoms with van der Waals surface area (Å²) in [6, 6.07) is 6.89. The molecule has 3 rings (SSSR count). The zero-order valence-electron chi connectivity index (χ0n) is 12.1. The lowest BCUT2D eigenvalue weighted by atomic mass is 10.1. The van der Waals surface area contributed by atoms with Crippen LogP contribution in [0.25, 0.3) is 0 Å². The summed E-state index contributed by atoms with van der Waals surface area (Å²) >= 11 is 6.17. The Morgan fingerprint density at radius 3 is 2.68 bits per heavy atom. The van der Waals surface area contributed by atoms with Crippen molar-refractivity contribution in [3.8, 4) is 0 Å². The molecule has 0 saturated carbocycles. The molecule has 0 bridgehead atoms. The van der Waals surface area contributed by atoms with E-state index >= 15 is 0 Å². The van der Waals surface area contributed by atoms with Crippen molar-refractivity contribution in [1.29, 1.82) is 0 Å². The summed E-state index contributed by atoms with van der Waals surface area (Å²) in [6.07, 6.45) is 5.07. The summed E-state index contributed by atoms with van der Waals surface area (Å²) in [4.78, 5) is 23.2. The summed E-state index contributed by atoms with van der Waals surface area (Å²) in [5.74, 6) is 0.679. The van der Waals surface area contributed by atoms with Gasteiger partial charge < -0.3 is 10.6 Å². The first-order chi connectivity index (χ1) is 10.7. The van der Waals surface area contributed by atoms with Gasteiger partial charge in [-0.1, -0.05) is 11.6 Å². The van der Waals surface area contributed by atoms with E-state index in [0.29, 0.717) is 10.6 Å². The van der Waals surface area contributed by atoms with Gasteiger partial charge in [0.15, 0.2) is 0 Å². The van der Waals surface area contributed by atoms with Crippen molar-refractivity contribution in [2.24, 2.45) is 0 Å². The number of hydrogen-bond acceptors (Lipinski definition) is 5. The minimum atomic E-state index is -0.297. The van der Waals surface area contributed by atoms with Gasteiger partial charge in [0.05, 0.1) is 10.6 Å². The molecule has 2 aromatic rings. The van der Waals surface area contributed by atoms with Gasteiger partial charge in [0.2, 0.25) is 5.78 Å². The molecular formula is C16H17ClN4O. The van der Waals surface area contributed by atoms with Crippen LogP contribution in [0.2, 0.25) is 5.02 Å². The van der Waals surface area contributed by atoms with Crippen molar-refractivity contribution < 1.29 is 4.79 Å². The zero-order chi connectivity index (χ0) is 15.5. The van der Waals surface area contributed by atoms with Crippen LogP contribution < -0.4 is 10.6 Å². The average molecular weight is 317 g/mol. The number of nitrogens with zero attached hydrogens (tertiary/aromatic N) is 3. The number of carbonyl (C=O) groups is 1. The predicted molar refractivity (Wildman–Crippen MR) is 87.4 cm³/mol. The van der Waals surface area contributed by atoms with Crippen LogP contribution in [-0.4, -0.2) is 28.8 Å². The van der Waals surface area contributed by atoms with Crippen molar-refractivity contribution in [3.05, 3.63) is 46.7 Å². The Morgan fingerprint density at radius 1 is 1.18 bits per heavy atom. The van der Waals surface area contributed by atoms with Gasteiger partial charge in [0.1, 0.15) is 17.3 Å². The maximum absolute atomic E-state index is 12.6. The third kappa shape index (κ3) is 2.90. The van der Waals surface area contributed by atoms with Crippen LogP contribution in [0.3, 0.4) is 0 Å². The van der Waals surface area contributed by atoms with Crippen LogP contribution >= 0.6 is 11.6 Å². The van der Waals surface area contributed by atoms with Crippen LogP contribution in [-0.2, 0) is 0 Å². The number of ketones is 1. The van der Waals surface area contributed by atoms with Crippen molar-refractivity contribution in [3.63, 3.8) is 0 Å². The summed E-state index contributed by atoms with van der Waals surface area (Å²) in [7, 11) is 0. The number of piperidine rings is 1. The van der Waals surface area contributed by atoms with Gasteiger partial charge >= 0.3 is 0 Å². The van der Waals surface area contributed by atoms with Gasteiger partial charge in [-0.15, -0.1) is 0 Å². The lowest BCUT2D eigenvalue weighted by molar-refractivity contribution is 0.103. The lowest BCUT2D eigenvalue weighted by Crippen LogP contribution is -2.30. The maximum Gasteiger partial charge on any atom is 0.216 e.